The van der Waals surface area contributed by atoms with Crippen LogP contribution in [0.25, 0.3) is 5.69 Å². The third-order valence-electron chi connectivity index (χ3n) is 3.45. The number of rotatable bonds is 6. The fraction of sp³-hybridized carbons (Fsp3) is 0.167. The molecule has 0 atom stereocenters. The number of aryl methyl sites for hydroxylation is 1. The highest BCUT2D eigenvalue weighted by molar-refractivity contribution is 7.99. The van der Waals surface area contributed by atoms with Crippen molar-refractivity contribution in [1.29, 1.82) is 0 Å². The van der Waals surface area contributed by atoms with Crippen LogP contribution in [0.15, 0.2) is 66.1 Å². The first-order chi connectivity index (χ1) is 11.8. The van der Waals surface area contributed by atoms with Gasteiger partial charge in [-0.05, 0) is 30.7 Å². The Morgan fingerprint density at radius 2 is 1.88 bits per heavy atom. The zero-order valence-electron chi connectivity index (χ0n) is 13.3. The van der Waals surface area contributed by atoms with Gasteiger partial charge in [0.15, 0.2) is 5.16 Å². The van der Waals surface area contributed by atoms with Gasteiger partial charge in [-0.25, -0.2) is 4.79 Å². The zero-order chi connectivity index (χ0) is 16.8. The zero-order valence-corrected chi connectivity index (χ0v) is 14.1. The molecular weight excluding hydrogens is 322 g/mol. The molecule has 0 bridgehead atoms. The molecule has 0 aliphatic heterocycles. The van der Waals surface area contributed by atoms with Crippen molar-refractivity contribution >= 4 is 17.7 Å². The van der Waals surface area contributed by atoms with Crippen LogP contribution in [0.2, 0.25) is 0 Å². The van der Waals surface area contributed by atoms with Crippen molar-refractivity contribution in [2.24, 2.45) is 0 Å². The summed E-state index contributed by atoms with van der Waals surface area (Å²) in [6.07, 6.45) is 1.70. The Kier molecular flexibility index (Phi) is 5.28. The molecule has 122 valence electrons. The van der Waals surface area contributed by atoms with Crippen molar-refractivity contribution < 1.29 is 9.53 Å². The molecule has 0 aliphatic carbocycles. The molecule has 24 heavy (non-hydrogen) atoms. The molecule has 1 aromatic heterocycles. The number of ether oxygens (including phenoxy) is 1. The number of para-hydroxylation sites is 1. The van der Waals surface area contributed by atoms with E-state index in [1.165, 1.54) is 11.8 Å². The summed E-state index contributed by atoms with van der Waals surface area (Å²) in [6.45, 7) is 2.37. The van der Waals surface area contributed by atoms with Crippen LogP contribution < -0.4 is 0 Å². The second-order valence-electron chi connectivity index (χ2n) is 5.12. The average Bonchev–Trinajstić information content (AvgIpc) is 3.08. The Morgan fingerprint density at radius 1 is 1.12 bits per heavy atom. The highest BCUT2D eigenvalue weighted by atomic mass is 32.2. The summed E-state index contributed by atoms with van der Waals surface area (Å²) in [5, 5.41) is 8.91. The van der Waals surface area contributed by atoms with Crippen molar-refractivity contribution in [2.45, 2.75) is 12.1 Å². The number of esters is 1. The monoisotopic (exact) mass is 339 g/mol. The summed E-state index contributed by atoms with van der Waals surface area (Å²) < 4.78 is 7.22. The van der Waals surface area contributed by atoms with Crippen molar-refractivity contribution in [3.8, 4) is 5.69 Å². The molecule has 5 nitrogen and oxygen atoms in total. The quantitative estimate of drug-likeness (QED) is 0.391. The summed E-state index contributed by atoms with van der Waals surface area (Å²) in [5.74, 6) is 0.306. The number of carbonyl (C=O) groups is 1. The SMILES string of the molecule is Cc1ccccc1-n1cnnc1SCCOC(=O)c1ccccc1. The number of carbonyl (C=O) groups excluding carboxylic acids is 1. The van der Waals surface area contributed by atoms with Crippen LogP contribution in [0.5, 0.6) is 0 Å². The van der Waals surface area contributed by atoms with E-state index >= 15 is 0 Å². The average molecular weight is 339 g/mol. The Hall–Kier alpha value is -2.60. The van der Waals surface area contributed by atoms with E-state index in [-0.39, 0.29) is 5.97 Å². The predicted molar refractivity (Wildman–Crippen MR) is 93.5 cm³/mol. The maximum Gasteiger partial charge on any atom is 0.338 e. The van der Waals surface area contributed by atoms with E-state index in [0.717, 1.165) is 16.4 Å². The fourth-order valence-corrected chi connectivity index (χ4v) is 2.99. The first-order valence-corrected chi connectivity index (χ1v) is 8.55. The van der Waals surface area contributed by atoms with Gasteiger partial charge in [0.25, 0.3) is 0 Å². The summed E-state index contributed by atoms with van der Waals surface area (Å²) in [4.78, 5) is 11.9. The molecule has 3 aromatic rings. The summed E-state index contributed by atoms with van der Waals surface area (Å²) in [7, 11) is 0. The third kappa shape index (κ3) is 3.83. The largest absolute Gasteiger partial charge is 0.461 e. The maximum atomic E-state index is 11.9. The van der Waals surface area contributed by atoms with Crippen molar-refractivity contribution in [3.63, 3.8) is 0 Å². The van der Waals surface area contributed by atoms with Gasteiger partial charge < -0.3 is 4.74 Å². The van der Waals surface area contributed by atoms with Gasteiger partial charge in [-0.3, -0.25) is 4.57 Å². The molecule has 0 saturated heterocycles. The Bertz CT molecular complexity index is 818. The van der Waals surface area contributed by atoms with Gasteiger partial charge in [0.05, 0.1) is 11.3 Å². The smallest absolute Gasteiger partial charge is 0.338 e. The van der Waals surface area contributed by atoms with Gasteiger partial charge >= 0.3 is 5.97 Å². The van der Waals surface area contributed by atoms with E-state index in [9.17, 15) is 4.79 Å². The minimum absolute atomic E-state index is 0.309. The normalized spacial score (nSPS) is 10.5. The topological polar surface area (TPSA) is 57.0 Å². The molecule has 6 heteroatoms. The van der Waals surface area contributed by atoms with Gasteiger partial charge in [-0.1, -0.05) is 48.2 Å². The molecule has 2 aromatic carbocycles. The summed E-state index contributed by atoms with van der Waals surface area (Å²) in [5.41, 5.74) is 2.76. The molecule has 0 N–H and O–H groups in total. The van der Waals surface area contributed by atoms with Gasteiger partial charge in [-0.2, -0.15) is 0 Å². The number of aromatic nitrogens is 3. The lowest BCUT2D eigenvalue weighted by Gasteiger charge is -2.09. The van der Waals surface area contributed by atoms with Gasteiger partial charge in [0, 0.05) is 5.75 Å². The fourth-order valence-electron chi connectivity index (χ4n) is 2.25. The molecule has 0 amide bonds. The van der Waals surface area contributed by atoms with Crippen LogP contribution in [0.1, 0.15) is 15.9 Å². The number of benzene rings is 2. The lowest BCUT2D eigenvalue weighted by atomic mass is 10.2. The predicted octanol–water partition coefficient (Wildman–Crippen LogP) is 3.52. The van der Waals surface area contributed by atoms with E-state index in [1.807, 2.05) is 54.0 Å². The standard InChI is InChI=1S/C18H17N3O2S/c1-14-7-5-6-10-16(14)21-13-19-20-18(21)24-12-11-23-17(22)15-8-3-2-4-9-15/h2-10,13H,11-12H2,1H3. The Balaban J connectivity index is 1.56. The van der Waals surface area contributed by atoms with E-state index < -0.39 is 0 Å². The lowest BCUT2D eigenvalue weighted by molar-refractivity contribution is 0.0530. The van der Waals surface area contributed by atoms with Gasteiger partial charge in [-0.15, -0.1) is 10.2 Å². The minimum atomic E-state index is -0.309. The van der Waals surface area contributed by atoms with E-state index in [1.54, 1.807) is 18.5 Å². The number of hydrogen-bond donors (Lipinski definition) is 0. The van der Waals surface area contributed by atoms with Crippen molar-refractivity contribution in [1.82, 2.24) is 14.8 Å². The second-order valence-corrected chi connectivity index (χ2v) is 6.18. The number of hydrogen-bond acceptors (Lipinski definition) is 5. The van der Waals surface area contributed by atoms with Crippen molar-refractivity contribution in [3.05, 3.63) is 72.1 Å². The Morgan fingerprint density at radius 3 is 2.67 bits per heavy atom. The summed E-state index contributed by atoms with van der Waals surface area (Å²) >= 11 is 1.51. The highest BCUT2D eigenvalue weighted by Crippen LogP contribution is 2.21. The molecule has 0 saturated carbocycles. The van der Waals surface area contributed by atoms with E-state index in [2.05, 4.69) is 10.2 Å². The maximum absolute atomic E-state index is 11.9. The van der Waals surface area contributed by atoms with Crippen LogP contribution in [-0.4, -0.2) is 33.1 Å². The van der Waals surface area contributed by atoms with E-state index in [4.69, 9.17) is 4.74 Å². The lowest BCUT2D eigenvalue weighted by Crippen LogP contribution is -2.08. The number of nitrogens with zero attached hydrogens (tertiary/aromatic N) is 3. The molecule has 0 fully saturated rings. The highest BCUT2D eigenvalue weighted by Gasteiger charge is 2.10. The first kappa shape index (κ1) is 16.3. The van der Waals surface area contributed by atoms with Crippen molar-refractivity contribution in [2.75, 3.05) is 12.4 Å². The molecule has 0 unspecified atom stereocenters. The van der Waals surface area contributed by atoms with Gasteiger partial charge in [0.1, 0.15) is 12.9 Å². The van der Waals surface area contributed by atoms with Gasteiger partial charge in [0.2, 0.25) is 0 Å². The van der Waals surface area contributed by atoms with Crippen LogP contribution >= 0.6 is 11.8 Å². The van der Waals surface area contributed by atoms with Crippen LogP contribution in [0.4, 0.5) is 0 Å². The molecular formula is C18H17N3O2S. The molecule has 0 radical (unpaired) electrons. The number of thioether (sulfide) groups is 1. The summed E-state index contributed by atoms with van der Waals surface area (Å²) in [6, 6.07) is 17.0. The molecule has 1 heterocycles. The van der Waals surface area contributed by atoms with Crippen LogP contribution in [-0.2, 0) is 4.74 Å². The molecule has 0 spiro atoms. The second kappa shape index (κ2) is 7.79. The first-order valence-electron chi connectivity index (χ1n) is 7.56. The minimum Gasteiger partial charge on any atom is -0.461 e. The molecule has 0 aliphatic rings. The van der Waals surface area contributed by atoms with E-state index in [0.29, 0.717) is 17.9 Å². The van der Waals surface area contributed by atoms with Crippen LogP contribution in [0, 0.1) is 6.92 Å². The van der Waals surface area contributed by atoms with Crippen LogP contribution in [0.3, 0.4) is 0 Å². The molecule has 3 rings (SSSR count). The Labute approximate surface area is 144 Å². The third-order valence-corrected chi connectivity index (χ3v) is 4.36.